The van der Waals surface area contributed by atoms with Crippen LogP contribution in [0, 0.1) is 6.92 Å². The second-order valence-corrected chi connectivity index (χ2v) is 9.59. The van der Waals surface area contributed by atoms with Crippen LogP contribution in [-0.2, 0) is 16.1 Å². The second kappa shape index (κ2) is 11.2. The van der Waals surface area contributed by atoms with Crippen molar-refractivity contribution in [3.05, 3.63) is 65.2 Å². The molecule has 32 heavy (non-hydrogen) atoms. The first-order chi connectivity index (χ1) is 15.0. The SMILES string of the molecule is CCC(C(=O)NC(C)(C)C)N(Cc1ccccc1C)C(=O)COc1ccccc1C(C)C. The minimum Gasteiger partial charge on any atom is -0.483 e. The third-order valence-electron chi connectivity index (χ3n) is 5.38. The molecule has 0 aliphatic heterocycles. The van der Waals surface area contributed by atoms with Gasteiger partial charge in [0.25, 0.3) is 5.91 Å². The van der Waals surface area contributed by atoms with E-state index in [0.29, 0.717) is 18.7 Å². The lowest BCUT2D eigenvalue weighted by atomic mass is 10.0. The van der Waals surface area contributed by atoms with Crippen molar-refractivity contribution in [3.63, 3.8) is 0 Å². The van der Waals surface area contributed by atoms with Gasteiger partial charge in [0.1, 0.15) is 11.8 Å². The van der Waals surface area contributed by atoms with Crippen LogP contribution in [-0.4, -0.2) is 34.9 Å². The molecule has 0 aliphatic carbocycles. The molecular formula is C27H38N2O3. The van der Waals surface area contributed by atoms with E-state index in [9.17, 15) is 9.59 Å². The summed E-state index contributed by atoms with van der Waals surface area (Å²) in [6.45, 7) is 14.2. The molecule has 174 valence electrons. The molecule has 0 bridgehead atoms. The van der Waals surface area contributed by atoms with Crippen LogP contribution in [0.3, 0.4) is 0 Å². The van der Waals surface area contributed by atoms with Gasteiger partial charge in [-0.2, -0.15) is 0 Å². The summed E-state index contributed by atoms with van der Waals surface area (Å²) in [7, 11) is 0. The van der Waals surface area contributed by atoms with Gasteiger partial charge in [-0.25, -0.2) is 0 Å². The molecule has 0 fully saturated rings. The van der Waals surface area contributed by atoms with Crippen LogP contribution >= 0.6 is 0 Å². The van der Waals surface area contributed by atoms with Gasteiger partial charge in [0, 0.05) is 12.1 Å². The Morgan fingerprint density at radius 2 is 1.66 bits per heavy atom. The van der Waals surface area contributed by atoms with Crippen molar-refractivity contribution in [2.75, 3.05) is 6.61 Å². The summed E-state index contributed by atoms with van der Waals surface area (Å²) >= 11 is 0. The van der Waals surface area contributed by atoms with Crippen molar-refractivity contribution in [1.29, 1.82) is 0 Å². The maximum absolute atomic E-state index is 13.4. The second-order valence-electron chi connectivity index (χ2n) is 9.59. The maximum atomic E-state index is 13.4. The van der Waals surface area contributed by atoms with Gasteiger partial charge in [-0.1, -0.05) is 63.2 Å². The normalized spacial score (nSPS) is 12.4. The minimum absolute atomic E-state index is 0.116. The average molecular weight is 439 g/mol. The molecule has 0 aliphatic rings. The average Bonchev–Trinajstić information content (AvgIpc) is 2.72. The standard InChI is InChI=1S/C27H38N2O3/c1-8-23(26(31)28-27(5,6)7)29(17-21-14-10-9-13-20(21)4)25(30)18-32-24-16-12-11-15-22(24)19(2)3/h9-16,19,23H,8,17-18H2,1-7H3,(H,28,31). The number of amides is 2. The number of carbonyl (C=O) groups excluding carboxylic acids is 2. The predicted octanol–water partition coefficient (Wildman–Crippen LogP) is 5.22. The van der Waals surface area contributed by atoms with E-state index < -0.39 is 6.04 Å². The Labute approximate surface area is 193 Å². The Morgan fingerprint density at radius 3 is 2.25 bits per heavy atom. The summed E-state index contributed by atoms with van der Waals surface area (Å²) in [6.07, 6.45) is 0.516. The number of benzene rings is 2. The molecule has 5 nitrogen and oxygen atoms in total. The lowest BCUT2D eigenvalue weighted by Crippen LogP contribution is -2.54. The Hall–Kier alpha value is -2.82. The highest BCUT2D eigenvalue weighted by Crippen LogP contribution is 2.26. The Bertz CT molecular complexity index is 915. The Kier molecular flexibility index (Phi) is 8.88. The first-order valence-corrected chi connectivity index (χ1v) is 11.4. The monoisotopic (exact) mass is 438 g/mol. The molecule has 2 amide bonds. The van der Waals surface area contributed by atoms with Crippen molar-refractivity contribution in [2.24, 2.45) is 0 Å². The van der Waals surface area contributed by atoms with Crippen LogP contribution in [0.25, 0.3) is 0 Å². The van der Waals surface area contributed by atoms with Gasteiger partial charge in [0.15, 0.2) is 6.61 Å². The molecule has 1 N–H and O–H groups in total. The Balaban J connectivity index is 2.29. The zero-order valence-electron chi connectivity index (χ0n) is 20.6. The molecule has 1 atom stereocenters. The molecule has 2 aromatic rings. The van der Waals surface area contributed by atoms with E-state index in [-0.39, 0.29) is 29.9 Å². The number of hydrogen-bond acceptors (Lipinski definition) is 3. The van der Waals surface area contributed by atoms with Gasteiger partial charge in [-0.3, -0.25) is 9.59 Å². The van der Waals surface area contributed by atoms with Gasteiger partial charge >= 0.3 is 0 Å². The third-order valence-corrected chi connectivity index (χ3v) is 5.38. The number of aryl methyl sites for hydroxylation is 1. The van der Waals surface area contributed by atoms with Crippen molar-refractivity contribution in [2.45, 2.75) is 78.9 Å². The van der Waals surface area contributed by atoms with E-state index in [1.165, 1.54) is 0 Å². The lowest BCUT2D eigenvalue weighted by molar-refractivity contribution is -0.143. The lowest BCUT2D eigenvalue weighted by Gasteiger charge is -2.33. The largest absolute Gasteiger partial charge is 0.483 e. The van der Waals surface area contributed by atoms with E-state index in [4.69, 9.17) is 4.74 Å². The summed E-state index contributed by atoms with van der Waals surface area (Å²) in [5, 5.41) is 3.03. The van der Waals surface area contributed by atoms with Gasteiger partial charge in [-0.15, -0.1) is 0 Å². The van der Waals surface area contributed by atoms with Crippen LogP contribution in [0.5, 0.6) is 5.75 Å². The molecule has 2 rings (SSSR count). The van der Waals surface area contributed by atoms with E-state index in [2.05, 4.69) is 19.2 Å². The smallest absolute Gasteiger partial charge is 0.261 e. The van der Waals surface area contributed by atoms with E-state index >= 15 is 0 Å². The van der Waals surface area contributed by atoms with Crippen LogP contribution in [0.2, 0.25) is 0 Å². The highest BCUT2D eigenvalue weighted by Gasteiger charge is 2.31. The van der Waals surface area contributed by atoms with Crippen molar-refractivity contribution in [3.8, 4) is 5.75 Å². The first kappa shape index (κ1) is 25.4. The molecular weight excluding hydrogens is 400 g/mol. The van der Waals surface area contributed by atoms with Crippen LogP contribution in [0.1, 0.15) is 70.6 Å². The van der Waals surface area contributed by atoms with Crippen LogP contribution < -0.4 is 10.1 Å². The fourth-order valence-electron chi connectivity index (χ4n) is 3.65. The summed E-state index contributed by atoms with van der Waals surface area (Å²) < 4.78 is 5.96. The quantitative estimate of drug-likeness (QED) is 0.584. The summed E-state index contributed by atoms with van der Waals surface area (Å²) in [6, 6.07) is 15.1. The number of carbonyl (C=O) groups is 2. The number of nitrogens with one attached hydrogen (secondary N) is 1. The first-order valence-electron chi connectivity index (χ1n) is 11.4. The van der Waals surface area contributed by atoms with Crippen LogP contribution in [0.15, 0.2) is 48.5 Å². The fraction of sp³-hybridized carbons (Fsp3) is 0.481. The molecule has 0 spiro atoms. The van der Waals surface area contributed by atoms with Gasteiger partial charge in [-0.05, 0) is 62.8 Å². The molecule has 0 saturated heterocycles. The topological polar surface area (TPSA) is 58.6 Å². The highest BCUT2D eigenvalue weighted by atomic mass is 16.5. The molecule has 0 aromatic heterocycles. The summed E-state index contributed by atoms with van der Waals surface area (Å²) in [5.41, 5.74) is 2.78. The maximum Gasteiger partial charge on any atom is 0.261 e. The predicted molar refractivity (Wildman–Crippen MR) is 130 cm³/mol. The summed E-state index contributed by atoms with van der Waals surface area (Å²) in [4.78, 5) is 28.1. The Morgan fingerprint density at radius 1 is 1.03 bits per heavy atom. The zero-order valence-corrected chi connectivity index (χ0v) is 20.6. The summed E-state index contributed by atoms with van der Waals surface area (Å²) in [5.74, 6) is 0.636. The number of nitrogens with zero attached hydrogens (tertiary/aromatic N) is 1. The van der Waals surface area contributed by atoms with Gasteiger partial charge in [0.2, 0.25) is 5.91 Å². The third kappa shape index (κ3) is 7.11. The minimum atomic E-state index is -0.578. The van der Waals surface area contributed by atoms with Crippen molar-refractivity contribution in [1.82, 2.24) is 10.2 Å². The van der Waals surface area contributed by atoms with E-state index in [0.717, 1.165) is 16.7 Å². The van der Waals surface area contributed by atoms with E-state index in [1.807, 2.05) is 83.1 Å². The zero-order chi connectivity index (χ0) is 23.9. The number of hydrogen-bond donors (Lipinski definition) is 1. The highest BCUT2D eigenvalue weighted by molar-refractivity contribution is 5.88. The molecule has 0 radical (unpaired) electrons. The molecule has 0 heterocycles. The van der Waals surface area contributed by atoms with Crippen molar-refractivity contribution >= 4 is 11.8 Å². The van der Waals surface area contributed by atoms with Gasteiger partial charge in [0.05, 0.1) is 0 Å². The molecule has 1 unspecified atom stereocenters. The number of rotatable bonds is 9. The fourth-order valence-corrected chi connectivity index (χ4v) is 3.65. The van der Waals surface area contributed by atoms with E-state index in [1.54, 1.807) is 4.90 Å². The van der Waals surface area contributed by atoms with Gasteiger partial charge < -0.3 is 15.0 Å². The van der Waals surface area contributed by atoms with Crippen LogP contribution in [0.4, 0.5) is 0 Å². The number of para-hydroxylation sites is 1. The molecule has 5 heteroatoms. The molecule has 2 aromatic carbocycles. The molecule has 0 saturated carbocycles. The number of ether oxygens (including phenoxy) is 1. The van der Waals surface area contributed by atoms with Crippen molar-refractivity contribution < 1.29 is 14.3 Å².